The van der Waals surface area contributed by atoms with E-state index in [2.05, 4.69) is 37.9 Å². The lowest BCUT2D eigenvalue weighted by atomic mass is 9.88. The van der Waals surface area contributed by atoms with Gasteiger partial charge < -0.3 is 9.72 Å². The molecule has 2 unspecified atom stereocenters. The van der Waals surface area contributed by atoms with E-state index in [0.717, 1.165) is 11.3 Å². The molecule has 0 amide bonds. The molecular formula is C22H29BrN2O3S. The highest BCUT2D eigenvalue weighted by Gasteiger charge is 2.33. The number of piperidine rings is 2. The molecular weight excluding hydrogens is 452 g/mol. The molecule has 0 radical (unpaired) electrons. The van der Waals surface area contributed by atoms with Crippen LogP contribution in [0.2, 0.25) is 0 Å². The van der Waals surface area contributed by atoms with E-state index < -0.39 is 9.84 Å². The summed E-state index contributed by atoms with van der Waals surface area (Å²) in [7, 11) is -1.70. The van der Waals surface area contributed by atoms with Gasteiger partial charge in [-0.25, -0.2) is 8.42 Å². The Morgan fingerprint density at radius 2 is 1.97 bits per heavy atom. The Kier molecular flexibility index (Phi) is 6.09. The molecule has 1 aromatic heterocycles. The SMILES string of the molecule is CCS(=O)(=O)c1cc(Br)c(OC)c(-c2ccc(C3CCCC4CCCCN43)[nH]2)c1. The predicted octanol–water partition coefficient (Wildman–Crippen LogP) is 5.33. The van der Waals surface area contributed by atoms with Crippen molar-refractivity contribution in [3.63, 3.8) is 0 Å². The topological polar surface area (TPSA) is 62.4 Å². The van der Waals surface area contributed by atoms with Crippen molar-refractivity contribution in [3.8, 4) is 17.0 Å². The van der Waals surface area contributed by atoms with Gasteiger partial charge in [0.15, 0.2) is 9.84 Å². The molecule has 2 aliphatic rings. The number of aromatic amines is 1. The van der Waals surface area contributed by atoms with Crippen molar-refractivity contribution < 1.29 is 13.2 Å². The minimum absolute atomic E-state index is 0.0691. The van der Waals surface area contributed by atoms with Gasteiger partial charge in [0, 0.05) is 23.0 Å². The fourth-order valence-corrected chi connectivity index (χ4v) is 6.58. The fraction of sp³-hybridized carbons (Fsp3) is 0.545. The molecule has 7 heteroatoms. The number of nitrogens with zero attached hydrogens (tertiary/aromatic N) is 1. The molecule has 2 aromatic rings. The van der Waals surface area contributed by atoms with Gasteiger partial charge in [0.1, 0.15) is 5.75 Å². The molecule has 2 saturated heterocycles. The normalized spacial score (nSPS) is 23.0. The van der Waals surface area contributed by atoms with Gasteiger partial charge in [0.25, 0.3) is 0 Å². The smallest absolute Gasteiger partial charge is 0.178 e. The number of H-pyrrole nitrogens is 1. The summed E-state index contributed by atoms with van der Waals surface area (Å²) in [4.78, 5) is 6.58. The maximum Gasteiger partial charge on any atom is 0.178 e. The standard InChI is InChI=1S/C22H29BrN2O3S/c1-3-29(26,27)16-13-17(22(28-2)18(23)14-16)19-10-11-20(24-19)21-9-6-8-15-7-4-5-12-25(15)21/h10-11,13-15,21,24H,3-9,12H2,1-2H3. The van der Waals surface area contributed by atoms with Crippen molar-refractivity contribution >= 4 is 25.8 Å². The highest BCUT2D eigenvalue weighted by atomic mass is 79.9. The van der Waals surface area contributed by atoms with Gasteiger partial charge in [0.2, 0.25) is 0 Å². The Morgan fingerprint density at radius 3 is 2.72 bits per heavy atom. The number of halogens is 1. The Morgan fingerprint density at radius 1 is 1.17 bits per heavy atom. The van der Waals surface area contributed by atoms with Gasteiger partial charge in [0.05, 0.1) is 28.3 Å². The van der Waals surface area contributed by atoms with Crippen LogP contribution in [0.1, 0.15) is 57.2 Å². The monoisotopic (exact) mass is 480 g/mol. The number of benzene rings is 1. The summed E-state index contributed by atoms with van der Waals surface area (Å²) in [5, 5.41) is 0. The lowest BCUT2D eigenvalue weighted by Crippen LogP contribution is -2.44. The van der Waals surface area contributed by atoms with Crippen molar-refractivity contribution in [2.45, 2.75) is 62.4 Å². The van der Waals surface area contributed by atoms with Crippen LogP contribution in [0.3, 0.4) is 0 Å². The summed E-state index contributed by atoms with van der Waals surface area (Å²) in [6, 6.07) is 8.68. The molecule has 1 aromatic carbocycles. The summed E-state index contributed by atoms with van der Waals surface area (Å²) in [5.41, 5.74) is 2.88. The number of ether oxygens (including phenoxy) is 1. The van der Waals surface area contributed by atoms with E-state index in [-0.39, 0.29) is 5.75 Å². The average molecular weight is 481 g/mol. The van der Waals surface area contributed by atoms with Gasteiger partial charge in [-0.05, 0) is 78.8 Å². The summed E-state index contributed by atoms with van der Waals surface area (Å²) in [5.74, 6) is 0.715. The van der Waals surface area contributed by atoms with Crippen molar-refractivity contribution in [3.05, 3.63) is 34.4 Å². The number of sulfone groups is 1. The Bertz CT molecular complexity index is 984. The van der Waals surface area contributed by atoms with Crippen molar-refractivity contribution in [1.29, 1.82) is 0 Å². The van der Waals surface area contributed by atoms with Gasteiger partial charge in [-0.1, -0.05) is 13.3 Å². The second-order valence-corrected chi connectivity index (χ2v) is 11.2. The predicted molar refractivity (Wildman–Crippen MR) is 119 cm³/mol. The third-order valence-corrected chi connectivity index (χ3v) is 8.71. The summed E-state index contributed by atoms with van der Waals surface area (Å²) >= 11 is 3.49. The van der Waals surface area contributed by atoms with Crippen LogP contribution in [0.25, 0.3) is 11.3 Å². The van der Waals surface area contributed by atoms with Gasteiger partial charge in [-0.2, -0.15) is 0 Å². The first-order valence-corrected chi connectivity index (χ1v) is 12.9. The second kappa shape index (κ2) is 8.44. The number of rotatable bonds is 5. The molecule has 2 fully saturated rings. The van der Waals surface area contributed by atoms with Crippen molar-refractivity contribution in [2.24, 2.45) is 0 Å². The zero-order chi connectivity index (χ0) is 20.6. The van der Waals surface area contributed by atoms with E-state index in [0.29, 0.717) is 27.2 Å². The Hall–Kier alpha value is -1.31. The molecule has 29 heavy (non-hydrogen) atoms. The minimum Gasteiger partial charge on any atom is -0.495 e. The van der Waals surface area contributed by atoms with Crippen LogP contribution >= 0.6 is 15.9 Å². The molecule has 4 rings (SSSR count). The molecule has 2 aliphatic heterocycles. The van der Waals surface area contributed by atoms with Crippen LogP contribution in [0.15, 0.2) is 33.6 Å². The zero-order valence-corrected chi connectivity index (χ0v) is 19.5. The lowest BCUT2D eigenvalue weighted by molar-refractivity contribution is 0.0501. The lowest BCUT2D eigenvalue weighted by Gasteiger charge is -2.44. The highest BCUT2D eigenvalue weighted by molar-refractivity contribution is 9.10. The number of methoxy groups -OCH3 is 1. The molecule has 0 spiro atoms. The van der Waals surface area contributed by atoms with E-state index in [1.807, 2.05) is 0 Å². The average Bonchev–Trinajstić information content (AvgIpc) is 3.22. The number of fused-ring (bicyclic) bond motifs is 1. The largest absolute Gasteiger partial charge is 0.495 e. The zero-order valence-electron chi connectivity index (χ0n) is 17.1. The van der Waals surface area contributed by atoms with Crippen LogP contribution < -0.4 is 4.74 Å². The van der Waals surface area contributed by atoms with Crippen molar-refractivity contribution in [1.82, 2.24) is 9.88 Å². The van der Waals surface area contributed by atoms with E-state index >= 15 is 0 Å². The molecule has 1 N–H and O–H groups in total. The van der Waals surface area contributed by atoms with E-state index in [4.69, 9.17) is 4.74 Å². The fourth-order valence-electron chi connectivity index (χ4n) is 4.88. The quantitative estimate of drug-likeness (QED) is 0.628. The highest BCUT2D eigenvalue weighted by Crippen LogP contribution is 2.42. The van der Waals surface area contributed by atoms with Crippen LogP contribution in [0.5, 0.6) is 5.75 Å². The van der Waals surface area contributed by atoms with Gasteiger partial charge in [-0.3, -0.25) is 4.90 Å². The van der Waals surface area contributed by atoms with Crippen LogP contribution in [-0.2, 0) is 9.84 Å². The molecule has 3 heterocycles. The molecule has 5 nitrogen and oxygen atoms in total. The molecule has 0 aliphatic carbocycles. The van der Waals surface area contributed by atoms with Crippen LogP contribution in [0, 0.1) is 0 Å². The maximum atomic E-state index is 12.5. The van der Waals surface area contributed by atoms with E-state index in [1.165, 1.54) is 50.8 Å². The first-order chi connectivity index (χ1) is 13.9. The third kappa shape index (κ3) is 4.01. The first-order valence-electron chi connectivity index (χ1n) is 10.5. The molecule has 158 valence electrons. The third-order valence-electron chi connectivity index (χ3n) is 6.41. The van der Waals surface area contributed by atoms with Gasteiger partial charge in [-0.15, -0.1) is 0 Å². The summed E-state index contributed by atoms with van der Waals surface area (Å²) in [6.07, 6.45) is 7.66. The number of nitrogens with one attached hydrogen (secondary N) is 1. The van der Waals surface area contributed by atoms with Crippen LogP contribution in [0.4, 0.5) is 0 Å². The number of hydrogen-bond acceptors (Lipinski definition) is 4. The number of hydrogen-bond donors (Lipinski definition) is 1. The van der Waals surface area contributed by atoms with E-state index in [9.17, 15) is 8.42 Å². The van der Waals surface area contributed by atoms with Gasteiger partial charge >= 0.3 is 0 Å². The Balaban J connectivity index is 1.72. The first kappa shape index (κ1) is 20.9. The van der Waals surface area contributed by atoms with Crippen molar-refractivity contribution in [2.75, 3.05) is 19.4 Å². The Labute approximate surface area is 181 Å². The summed E-state index contributed by atoms with van der Waals surface area (Å²) < 4.78 is 31.2. The molecule has 2 atom stereocenters. The number of aromatic nitrogens is 1. The molecule has 0 bridgehead atoms. The van der Waals surface area contributed by atoms with Crippen LogP contribution in [-0.4, -0.2) is 43.8 Å². The van der Waals surface area contributed by atoms with E-state index in [1.54, 1.807) is 26.2 Å². The molecule has 0 saturated carbocycles. The minimum atomic E-state index is -3.31. The maximum absolute atomic E-state index is 12.5. The second-order valence-electron chi connectivity index (χ2n) is 8.05. The summed E-state index contributed by atoms with van der Waals surface area (Å²) in [6.45, 7) is 2.83.